The Morgan fingerprint density at radius 1 is 1.21 bits per heavy atom. The van der Waals surface area contributed by atoms with Crippen LogP contribution in [-0.4, -0.2) is 58.2 Å². The van der Waals surface area contributed by atoms with E-state index in [1.54, 1.807) is 28.3 Å². The van der Waals surface area contributed by atoms with Crippen LogP contribution in [0.1, 0.15) is 12.5 Å². The molecule has 0 saturated heterocycles. The molecular formula is C16H27IN4O3. The third-order valence-electron chi connectivity index (χ3n) is 3.14. The minimum Gasteiger partial charge on any atom is -0.493 e. The van der Waals surface area contributed by atoms with Crippen LogP contribution in [0.25, 0.3) is 0 Å². The number of benzene rings is 1. The Morgan fingerprint density at radius 3 is 2.46 bits per heavy atom. The molecule has 1 rings (SSSR count). The van der Waals surface area contributed by atoms with Gasteiger partial charge in [0.25, 0.3) is 0 Å². The second-order valence-corrected chi connectivity index (χ2v) is 4.99. The standard InChI is InChI=1S/C16H26N4O3.HI/c1-6-17-16(19-11-14(21)20(2)3)18-10-12-8-7-9-13(22-4)15(12)23-5;/h7-9H,6,10-11H2,1-5H3,(H2,17,18,19);1H. The summed E-state index contributed by atoms with van der Waals surface area (Å²) in [7, 11) is 6.64. The number of guanidine groups is 1. The number of halogens is 1. The van der Waals surface area contributed by atoms with Crippen LogP contribution in [0.2, 0.25) is 0 Å². The first-order valence-electron chi connectivity index (χ1n) is 7.45. The third kappa shape index (κ3) is 6.81. The van der Waals surface area contributed by atoms with Crippen LogP contribution in [0.15, 0.2) is 23.2 Å². The minimum absolute atomic E-state index is 0. The van der Waals surface area contributed by atoms with Crippen LogP contribution >= 0.6 is 24.0 Å². The lowest BCUT2D eigenvalue weighted by molar-refractivity contribution is -0.127. The number of ether oxygens (including phenoxy) is 2. The average Bonchev–Trinajstić information content (AvgIpc) is 2.56. The summed E-state index contributed by atoms with van der Waals surface area (Å²) in [5, 5.41) is 6.12. The first-order valence-corrected chi connectivity index (χ1v) is 7.45. The van der Waals surface area contributed by atoms with Gasteiger partial charge >= 0.3 is 0 Å². The summed E-state index contributed by atoms with van der Waals surface area (Å²) < 4.78 is 10.7. The molecule has 0 bridgehead atoms. The van der Waals surface area contributed by atoms with Crippen LogP contribution in [0.4, 0.5) is 0 Å². The number of carbonyl (C=O) groups is 1. The van der Waals surface area contributed by atoms with E-state index < -0.39 is 0 Å². The smallest absolute Gasteiger partial charge is 0.241 e. The SMILES string of the molecule is CCNC(=NCc1cccc(OC)c1OC)NCC(=O)N(C)C.I. The Morgan fingerprint density at radius 2 is 1.92 bits per heavy atom. The zero-order valence-corrected chi connectivity index (χ0v) is 17.2. The van der Waals surface area contributed by atoms with Gasteiger partial charge in [-0.1, -0.05) is 12.1 Å². The van der Waals surface area contributed by atoms with E-state index >= 15 is 0 Å². The third-order valence-corrected chi connectivity index (χ3v) is 3.14. The number of nitrogens with zero attached hydrogens (tertiary/aromatic N) is 2. The number of likely N-dealkylation sites (N-methyl/N-ethyl adjacent to an activating group) is 1. The number of nitrogens with one attached hydrogen (secondary N) is 2. The highest BCUT2D eigenvalue weighted by atomic mass is 127. The van der Waals surface area contributed by atoms with E-state index in [9.17, 15) is 4.79 Å². The van der Waals surface area contributed by atoms with Crippen molar-refractivity contribution in [1.82, 2.24) is 15.5 Å². The molecule has 0 fully saturated rings. The van der Waals surface area contributed by atoms with E-state index in [1.165, 1.54) is 4.90 Å². The average molecular weight is 450 g/mol. The summed E-state index contributed by atoms with van der Waals surface area (Å²) in [6, 6.07) is 5.66. The second-order valence-electron chi connectivity index (χ2n) is 4.99. The van der Waals surface area contributed by atoms with Crippen molar-refractivity contribution in [3.8, 4) is 11.5 Å². The molecular weight excluding hydrogens is 423 g/mol. The summed E-state index contributed by atoms with van der Waals surface area (Å²) >= 11 is 0. The van der Waals surface area contributed by atoms with E-state index in [0.29, 0.717) is 30.5 Å². The van der Waals surface area contributed by atoms with E-state index in [1.807, 2.05) is 25.1 Å². The monoisotopic (exact) mass is 450 g/mol. The van der Waals surface area contributed by atoms with Crippen molar-refractivity contribution in [3.05, 3.63) is 23.8 Å². The van der Waals surface area contributed by atoms with Crippen molar-refractivity contribution in [1.29, 1.82) is 0 Å². The number of hydrogen-bond acceptors (Lipinski definition) is 4. The molecule has 24 heavy (non-hydrogen) atoms. The molecule has 1 aromatic carbocycles. The first kappa shape index (κ1) is 22.3. The molecule has 0 saturated carbocycles. The predicted octanol–water partition coefficient (Wildman–Crippen LogP) is 1.47. The van der Waals surface area contributed by atoms with Gasteiger partial charge in [0.15, 0.2) is 17.5 Å². The molecule has 136 valence electrons. The van der Waals surface area contributed by atoms with E-state index in [2.05, 4.69) is 15.6 Å². The van der Waals surface area contributed by atoms with Crippen molar-refractivity contribution >= 4 is 35.8 Å². The van der Waals surface area contributed by atoms with Gasteiger partial charge in [-0.05, 0) is 13.0 Å². The predicted molar refractivity (Wildman–Crippen MR) is 106 cm³/mol. The maximum Gasteiger partial charge on any atom is 0.241 e. The minimum atomic E-state index is -0.0189. The molecule has 0 aliphatic carbocycles. The molecule has 0 aliphatic rings. The van der Waals surface area contributed by atoms with Gasteiger partial charge in [-0.25, -0.2) is 4.99 Å². The van der Waals surface area contributed by atoms with E-state index in [0.717, 1.165) is 5.56 Å². The molecule has 0 unspecified atom stereocenters. The van der Waals surface area contributed by atoms with Gasteiger partial charge < -0.3 is 25.0 Å². The highest BCUT2D eigenvalue weighted by molar-refractivity contribution is 14.0. The Hall–Kier alpha value is -1.71. The number of para-hydroxylation sites is 1. The van der Waals surface area contributed by atoms with Crippen LogP contribution in [0.3, 0.4) is 0 Å². The summed E-state index contributed by atoms with van der Waals surface area (Å²) in [6.45, 7) is 3.27. The Balaban J connectivity index is 0.00000529. The molecule has 2 N–H and O–H groups in total. The summed E-state index contributed by atoms with van der Waals surface area (Å²) in [4.78, 5) is 17.7. The highest BCUT2D eigenvalue weighted by Crippen LogP contribution is 2.30. The van der Waals surface area contributed by atoms with Gasteiger partial charge in [-0.3, -0.25) is 4.79 Å². The molecule has 0 radical (unpaired) electrons. The molecule has 1 amide bonds. The number of rotatable bonds is 7. The van der Waals surface area contributed by atoms with Crippen LogP contribution in [0.5, 0.6) is 11.5 Å². The molecule has 1 aromatic rings. The largest absolute Gasteiger partial charge is 0.493 e. The van der Waals surface area contributed by atoms with Crippen molar-refractivity contribution < 1.29 is 14.3 Å². The maximum absolute atomic E-state index is 11.7. The molecule has 0 atom stereocenters. The van der Waals surface area contributed by atoms with Crippen molar-refractivity contribution in [2.75, 3.05) is 41.4 Å². The molecule has 0 aliphatic heterocycles. The van der Waals surface area contributed by atoms with E-state index in [4.69, 9.17) is 9.47 Å². The molecule has 0 aromatic heterocycles. The molecule has 0 heterocycles. The highest BCUT2D eigenvalue weighted by Gasteiger charge is 2.10. The zero-order chi connectivity index (χ0) is 17.2. The van der Waals surface area contributed by atoms with Gasteiger partial charge in [0.2, 0.25) is 5.91 Å². The quantitative estimate of drug-likeness (QED) is 0.374. The number of hydrogen-bond donors (Lipinski definition) is 2. The van der Waals surface area contributed by atoms with Gasteiger partial charge in [0.05, 0.1) is 27.3 Å². The van der Waals surface area contributed by atoms with E-state index in [-0.39, 0.29) is 36.4 Å². The van der Waals surface area contributed by atoms with Gasteiger partial charge in [-0.2, -0.15) is 0 Å². The Bertz CT molecular complexity index is 550. The van der Waals surface area contributed by atoms with Crippen LogP contribution in [0, 0.1) is 0 Å². The Kier molecular flexibility index (Phi) is 10.9. The normalized spacial score (nSPS) is 10.5. The summed E-state index contributed by atoms with van der Waals surface area (Å²) in [5.74, 6) is 1.89. The second kappa shape index (κ2) is 11.8. The molecule has 8 heteroatoms. The molecule has 7 nitrogen and oxygen atoms in total. The zero-order valence-electron chi connectivity index (χ0n) is 14.9. The Labute approximate surface area is 160 Å². The lowest BCUT2D eigenvalue weighted by atomic mass is 10.2. The fourth-order valence-electron chi connectivity index (χ4n) is 1.90. The fraction of sp³-hybridized carbons (Fsp3) is 0.500. The number of carbonyl (C=O) groups excluding carboxylic acids is 1. The number of amides is 1. The van der Waals surface area contributed by atoms with Gasteiger partial charge in [-0.15, -0.1) is 24.0 Å². The summed E-state index contributed by atoms with van der Waals surface area (Å²) in [5.41, 5.74) is 0.906. The lowest BCUT2D eigenvalue weighted by Gasteiger charge is -2.15. The van der Waals surface area contributed by atoms with Crippen molar-refractivity contribution in [2.45, 2.75) is 13.5 Å². The van der Waals surface area contributed by atoms with Gasteiger partial charge in [0.1, 0.15) is 0 Å². The summed E-state index contributed by atoms with van der Waals surface area (Å²) in [6.07, 6.45) is 0. The van der Waals surface area contributed by atoms with Gasteiger partial charge in [0, 0.05) is 26.2 Å². The van der Waals surface area contributed by atoms with Crippen molar-refractivity contribution in [2.24, 2.45) is 4.99 Å². The topological polar surface area (TPSA) is 75.2 Å². The van der Waals surface area contributed by atoms with Crippen LogP contribution in [-0.2, 0) is 11.3 Å². The lowest BCUT2D eigenvalue weighted by Crippen LogP contribution is -2.42. The maximum atomic E-state index is 11.7. The first-order chi connectivity index (χ1) is 11.0. The number of methoxy groups -OCH3 is 2. The molecule has 0 spiro atoms. The fourth-order valence-corrected chi connectivity index (χ4v) is 1.90. The van der Waals surface area contributed by atoms with Crippen molar-refractivity contribution in [3.63, 3.8) is 0 Å². The van der Waals surface area contributed by atoms with Crippen LogP contribution < -0.4 is 20.1 Å². The number of aliphatic imine (C=N–C) groups is 1.